The van der Waals surface area contributed by atoms with Crippen LogP contribution >= 0.6 is 11.3 Å². The number of benzene rings is 1. The Morgan fingerprint density at radius 3 is 2.94 bits per heavy atom. The van der Waals surface area contributed by atoms with Crippen molar-refractivity contribution in [3.05, 3.63) is 45.8 Å². The van der Waals surface area contributed by atoms with Gasteiger partial charge in [-0.25, -0.2) is 0 Å². The summed E-state index contributed by atoms with van der Waals surface area (Å²) in [6, 6.07) is 8.98. The third-order valence-electron chi connectivity index (χ3n) is 3.62. The zero-order valence-electron chi connectivity index (χ0n) is 10.3. The molecule has 1 N–H and O–H groups in total. The Morgan fingerprint density at radius 2 is 2.12 bits per heavy atom. The van der Waals surface area contributed by atoms with E-state index in [2.05, 4.69) is 43.4 Å². The summed E-state index contributed by atoms with van der Waals surface area (Å²) in [5.74, 6) is 0. The lowest BCUT2D eigenvalue weighted by atomic mass is 10.0. The van der Waals surface area contributed by atoms with Gasteiger partial charge in [0.25, 0.3) is 0 Å². The first kappa shape index (κ1) is 11.0. The molecule has 0 spiro atoms. The van der Waals surface area contributed by atoms with Crippen LogP contribution in [0.3, 0.4) is 0 Å². The van der Waals surface area contributed by atoms with Crippen molar-refractivity contribution in [2.24, 2.45) is 0 Å². The molecule has 0 saturated carbocycles. The van der Waals surface area contributed by atoms with Crippen molar-refractivity contribution in [1.82, 2.24) is 5.32 Å². The molecule has 0 fully saturated rings. The monoisotopic (exact) mass is 243 g/mol. The summed E-state index contributed by atoms with van der Waals surface area (Å²) in [6.07, 6.45) is 1.18. The fourth-order valence-electron chi connectivity index (χ4n) is 2.40. The van der Waals surface area contributed by atoms with Gasteiger partial charge < -0.3 is 5.32 Å². The van der Waals surface area contributed by atoms with Crippen molar-refractivity contribution in [2.75, 3.05) is 6.54 Å². The van der Waals surface area contributed by atoms with Crippen LogP contribution < -0.4 is 5.32 Å². The van der Waals surface area contributed by atoms with Gasteiger partial charge in [-0.3, -0.25) is 0 Å². The first-order chi connectivity index (χ1) is 8.25. The summed E-state index contributed by atoms with van der Waals surface area (Å²) in [7, 11) is 0. The summed E-state index contributed by atoms with van der Waals surface area (Å²) in [5, 5.41) is 3.44. The minimum Gasteiger partial charge on any atom is -0.312 e. The van der Waals surface area contributed by atoms with E-state index in [9.17, 15) is 0 Å². The van der Waals surface area contributed by atoms with Crippen molar-refractivity contribution in [1.29, 1.82) is 0 Å². The van der Waals surface area contributed by atoms with Gasteiger partial charge in [-0.05, 0) is 55.1 Å². The van der Waals surface area contributed by atoms with Crippen molar-refractivity contribution >= 4 is 11.3 Å². The highest BCUT2D eigenvalue weighted by atomic mass is 32.1. The maximum Gasteiger partial charge on any atom is 0.0351 e. The average Bonchev–Trinajstić information content (AvgIpc) is 2.76. The van der Waals surface area contributed by atoms with Gasteiger partial charge >= 0.3 is 0 Å². The second-order valence-electron chi connectivity index (χ2n) is 4.73. The van der Waals surface area contributed by atoms with Crippen LogP contribution in [0.2, 0.25) is 0 Å². The average molecular weight is 243 g/mol. The van der Waals surface area contributed by atoms with Crippen molar-refractivity contribution in [3.63, 3.8) is 0 Å². The number of nitrogens with one attached hydrogen (secondary N) is 1. The SMILES string of the molecule is Cc1cccc(-c2cc3c(s2)CNCC3)c1C. The molecule has 3 rings (SSSR count). The number of rotatable bonds is 1. The fourth-order valence-corrected chi connectivity index (χ4v) is 3.67. The zero-order chi connectivity index (χ0) is 11.8. The fraction of sp³-hybridized carbons (Fsp3) is 0.333. The van der Waals surface area contributed by atoms with E-state index < -0.39 is 0 Å². The molecule has 2 heterocycles. The predicted molar refractivity (Wildman–Crippen MR) is 74.6 cm³/mol. The van der Waals surface area contributed by atoms with Gasteiger partial charge in [0.2, 0.25) is 0 Å². The van der Waals surface area contributed by atoms with Crippen LogP contribution in [0.1, 0.15) is 21.6 Å². The lowest BCUT2D eigenvalue weighted by Gasteiger charge is -2.10. The quantitative estimate of drug-likeness (QED) is 0.805. The molecule has 1 aromatic heterocycles. The summed E-state index contributed by atoms with van der Waals surface area (Å²) in [6.45, 7) is 6.58. The van der Waals surface area contributed by atoms with E-state index in [4.69, 9.17) is 0 Å². The third kappa shape index (κ3) is 1.92. The van der Waals surface area contributed by atoms with Gasteiger partial charge in [0.05, 0.1) is 0 Å². The van der Waals surface area contributed by atoms with E-state index in [1.54, 1.807) is 5.56 Å². The molecular weight excluding hydrogens is 226 g/mol. The summed E-state index contributed by atoms with van der Waals surface area (Å²) in [5.41, 5.74) is 5.75. The Hall–Kier alpha value is -1.12. The molecule has 0 aliphatic carbocycles. The summed E-state index contributed by atoms with van der Waals surface area (Å²) < 4.78 is 0. The van der Waals surface area contributed by atoms with Crippen LogP contribution in [0, 0.1) is 13.8 Å². The van der Waals surface area contributed by atoms with E-state index in [0.717, 1.165) is 13.1 Å². The summed E-state index contributed by atoms with van der Waals surface area (Å²) >= 11 is 1.95. The van der Waals surface area contributed by atoms with Gasteiger partial charge in [-0.15, -0.1) is 11.3 Å². The van der Waals surface area contributed by atoms with E-state index in [1.165, 1.54) is 32.9 Å². The maximum absolute atomic E-state index is 3.44. The van der Waals surface area contributed by atoms with E-state index >= 15 is 0 Å². The van der Waals surface area contributed by atoms with Crippen LogP contribution in [-0.4, -0.2) is 6.54 Å². The lowest BCUT2D eigenvalue weighted by molar-refractivity contribution is 0.655. The molecule has 0 amide bonds. The standard InChI is InChI=1S/C15H17NS/c1-10-4-3-5-13(11(10)2)14-8-12-6-7-16-9-15(12)17-14/h3-5,8,16H,6-7,9H2,1-2H3. The number of aryl methyl sites for hydroxylation is 1. The molecule has 1 aliphatic heterocycles. The van der Waals surface area contributed by atoms with Crippen LogP contribution in [0.25, 0.3) is 10.4 Å². The molecule has 1 aromatic carbocycles. The summed E-state index contributed by atoms with van der Waals surface area (Å²) in [4.78, 5) is 2.95. The van der Waals surface area contributed by atoms with E-state index in [1.807, 2.05) is 11.3 Å². The molecule has 0 radical (unpaired) electrons. The second-order valence-corrected chi connectivity index (χ2v) is 5.87. The second kappa shape index (κ2) is 4.28. The van der Waals surface area contributed by atoms with E-state index in [0.29, 0.717) is 0 Å². The molecule has 0 unspecified atom stereocenters. The molecule has 2 aromatic rings. The van der Waals surface area contributed by atoms with Gasteiger partial charge in [0.15, 0.2) is 0 Å². The molecular formula is C15H17NS. The normalized spacial score (nSPS) is 14.7. The van der Waals surface area contributed by atoms with Gasteiger partial charge in [0, 0.05) is 16.3 Å². The Morgan fingerprint density at radius 1 is 1.24 bits per heavy atom. The molecule has 0 bridgehead atoms. The Balaban J connectivity index is 2.09. The number of fused-ring (bicyclic) bond motifs is 1. The molecule has 1 aliphatic rings. The van der Waals surface area contributed by atoms with Crippen LogP contribution in [0.4, 0.5) is 0 Å². The first-order valence-electron chi connectivity index (χ1n) is 6.14. The van der Waals surface area contributed by atoms with Crippen molar-refractivity contribution < 1.29 is 0 Å². The minimum absolute atomic E-state index is 1.05. The van der Waals surface area contributed by atoms with Gasteiger partial charge in [-0.2, -0.15) is 0 Å². The highest BCUT2D eigenvalue weighted by molar-refractivity contribution is 7.15. The topological polar surface area (TPSA) is 12.0 Å². The highest BCUT2D eigenvalue weighted by Gasteiger charge is 2.14. The van der Waals surface area contributed by atoms with Crippen LogP contribution in [-0.2, 0) is 13.0 Å². The minimum atomic E-state index is 1.05. The molecule has 17 heavy (non-hydrogen) atoms. The van der Waals surface area contributed by atoms with Crippen molar-refractivity contribution in [2.45, 2.75) is 26.8 Å². The van der Waals surface area contributed by atoms with Gasteiger partial charge in [-0.1, -0.05) is 18.2 Å². The highest BCUT2D eigenvalue weighted by Crippen LogP contribution is 2.35. The number of hydrogen-bond acceptors (Lipinski definition) is 2. The Kier molecular flexibility index (Phi) is 2.77. The predicted octanol–water partition coefficient (Wildman–Crippen LogP) is 3.68. The van der Waals surface area contributed by atoms with E-state index in [-0.39, 0.29) is 0 Å². The molecule has 0 saturated heterocycles. The molecule has 0 atom stereocenters. The van der Waals surface area contributed by atoms with Crippen molar-refractivity contribution in [3.8, 4) is 10.4 Å². The largest absolute Gasteiger partial charge is 0.312 e. The van der Waals surface area contributed by atoms with Crippen LogP contribution in [0.15, 0.2) is 24.3 Å². The molecule has 2 heteroatoms. The maximum atomic E-state index is 3.44. The first-order valence-corrected chi connectivity index (χ1v) is 6.96. The van der Waals surface area contributed by atoms with Gasteiger partial charge in [0.1, 0.15) is 0 Å². The Labute approximate surface area is 106 Å². The smallest absolute Gasteiger partial charge is 0.0351 e. The number of thiophene rings is 1. The third-order valence-corrected chi connectivity index (χ3v) is 4.83. The molecule has 88 valence electrons. The van der Waals surface area contributed by atoms with Crippen LogP contribution in [0.5, 0.6) is 0 Å². The molecule has 1 nitrogen and oxygen atoms in total. The lowest BCUT2D eigenvalue weighted by Crippen LogP contribution is -2.21. The zero-order valence-corrected chi connectivity index (χ0v) is 11.2. The number of hydrogen-bond donors (Lipinski definition) is 1. The Bertz CT molecular complexity index is 531.